The predicted octanol–water partition coefficient (Wildman–Crippen LogP) is 1.32. The molecule has 21 heavy (non-hydrogen) atoms. The van der Waals surface area contributed by atoms with E-state index in [0.29, 0.717) is 37.7 Å². The van der Waals surface area contributed by atoms with E-state index in [1.807, 2.05) is 13.8 Å². The highest BCUT2D eigenvalue weighted by Gasteiger charge is 2.50. The number of likely N-dealkylation sites (tertiary alicyclic amines) is 1. The first kappa shape index (κ1) is 14.3. The van der Waals surface area contributed by atoms with Crippen LogP contribution in [0.1, 0.15) is 24.2 Å². The van der Waals surface area contributed by atoms with Crippen molar-refractivity contribution < 1.29 is 19.0 Å². The number of amides is 1. The van der Waals surface area contributed by atoms with Crippen LogP contribution >= 0.6 is 0 Å². The van der Waals surface area contributed by atoms with Gasteiger partial charge in [0.15, 0.2) is 5.79 Å². The zero-order valence-electron chi connectivity index (χ0n) is 12.6. The quantitative estimate of drug-likeness (QED) is 0.822. The Hall–Kier alpha value is -1.66. The Labute approximate surface area is 124 Å². The van der Waals surface area contributed by atoms with Crippen LogP contribution in [0.15, 0.2) is 18.3 Å². The fourth-order valence-corrected chi connectivity index (χ4v) is 2.71. The van der Waals surface area contributed by atoms with Gasteiger partial charge in [-0.05, 0) is 26.0 Å². The SMILES string of the molecule is COc1ncccc1C(=O)N1CC2(COC(C)(C)OC2)C1. The third kappa shape index (κ3) is 2.61. The van der Waals surface area contributed by atoms with E-state index in [2.05, 4.69) is 4.98 Å². The summed E-state index contributed by atoms with van der Waals surface area (Å²) in [7, 11) is 1.52. The Morgan fingerprint density at radius 2 is 2.00 bits per heavy atom. The molecule has 0 bridgehead atoms. The van der Waals surface area contributed by atoms with E-state index in [-0.39, 0.29) is 11.3 Å². The number of ether oxygens (including phenoxy) is 3. The molecule has 0 saturated carbocycles. The van der Waals surface area contributed by atoms with Gasteiger partial charge in [0, 0.05) is 19.3 Å². The molecule has 1 aromatic heterocycles. The maximum atomic E-state index is 12.5. The number of carbonyl (C=O) groups excluding carboxylic acids is 1. The largest absolute Gasteiger partial charge is 0.480 e. The van der Waals surface area contributed by atoms with Crippen LogP contribution in [0.25, 0.3) is 0 Å². The molecule has 0 aromatic carbocycles. The summed E-state index contributed by atoms with van der Waals surface area (Å²) in [5, 5.41) is 0. The maximum Gasteiger partial charge on any atom is 0.259 e. The van der Waals surface area contributed by atoms with E-state index in [1.165, 1.54) is 7.11 Å². The van der Waals surface area contributed by atoms with Crippen molar-refractivity contribution in [2.24, 2.45) is 5.41 Å². The minimum atomic E-state index is -0.526. The number of rotatable bonds is 2. The summed E-state index contributed by atoms with van der Waals surface area (Å²) >= 11 is 0. The zero-order chi connectivity index (χ0) is 15.1. The van der Waals surface area contributed by atoms with Crippen molar-refractivity contribution in [3.05, 3.63) is 23.9 Å². The van der Waals surface area contributed by atoms with Crippen LogP contribution in [-0.4, -0.2) is 55.0 Å². The number of carbonyl (C=O) groups is 1. The van der Waals surface area contributed by atoms with Crippen LogP contribution in [-0.2, 0) is 9.47 Å². The summed E-state index contributed by atoms with van der Waals surface area (Å²) < 4.78 is 16.6. The fraction of sp³-hybridized carbons (Fsp3) is 0.600. The maximum absolute atomic E-state index is 12.5. The number of aromatic nitrogens is 1. The second-order valence-electron chi connectivity index (χ2n) is 6.20. The molecule has 3 heterocycles. The number of hydrogen-bond acceptors (Lipinski definition) is 5. The first-order chi connectivity index (χ1) is 9.95. The van der Waals surface area contributed by atoms with Gasteiger partial charge < -0.3 is 19.1 Å². The van der Waals surface area contributed by atoms with Gasteiger partial charge in [-0.3, -0.25) is 4.79 Å². The van der Waals surface area contributed by atoms with Crippen LogP contribution in [0.4, 0.5) is 0 Å². The second-order valence-corrected chi connectivity index (χ2v) is 6.20. The van der Waals surface area contributed by atoms with Gasteiger partial charge >= 0.3 is 0 Å². The van der Waals surface area contributed by atoms with Crippen molar-refractivity contribution in [2.75, 3.05) is 33.4 Å². The van der Waals surface area contributed by atoms with Crippen molar-refractivity contribution in [3.8, 4) is 5.88 Å². The fourth-order valence-electron chi connectivity index (χ4n) is 2.71. The molecule has 0 radical (unpaired) electrons. The second kappa shape index (κ2) is 4.96. The standard InChI is InChI=1S/C15H20N2O4/c1-14(2)20-9-15(10-21-14)7-17(8-15)13(18)11-5-4-6-16-12(11)19-3/h4-6H,7-10H2,1-3H3. The molecular weight excluding hydrogens is 272 g/mol. The molecule has 2 aliphatic rings. The Balaban J connectivity index is 1.65. The molecular formula is C15H20N2O4. The highest BCUT2D eigenvalue weighted by atomic mass is 16.7. The predicted molar refractivity (Wildman–Crippen MR) is 75.1 cm³/mol. The van der Waals surface area contributed by atoms with E-state index in [0.717, 1.165) is 0 Å². The van der Waals surface area contributed by atoms with Crippen molar-refractivity contribution in [3.63, 3.8) is 0 Å². The molecule has 6 nitrogen and oxygen atoms in total. The monoisotopic (exact) mass is 292 g/mol. The normalized spacial score (nSPS) is 22.7. The number of pyridine rings is 1. The molecule has 0 N–H and O–H groups in total. The molecule has 0 unspecified atom stereocenters. The van der Waals surface area contributed by atoms with Crippen molar-refractivity contribution >= 4 is 5.91 Å². The van der Waals surface area contributed by atoms with Crippen LogP contribution in [0.2, 0.25) is 0 Å². The van der Waals surface area contributed by atoms with Gasteiger partial charge in [0.25, 0.3) is 5.91 Å². The van der Waals surface area contributed by atoms with E-state index in [9.17, 15) is 4.79 Å². The van der Waals surface area contributed by atoms with E-state index < -0.39 is 5.79 Å². The van der Waals surface area contributed by atoms with Crippen LogP contribution in [0, 0.1) is 5.41 Å². The van der Waals surface area contributed by atoms with Crippen LogP contribution < -0.4 is 4.74 Å². The Morgan fingerprint density at radius 3 is 2.62 bits per heavy atom. The molecule has 0 aliphatic carbocycles. The van der Waals surface area contributed by atoms with Gasteiger partial charge in [-0.2, -0.15) is 0 Å². The van der Waals surface area contributed by atoms with Crippen LogP contribution in [0.3, 0.4) is 0 Å². The summed E-state index contributed by atoms with van der Waals surface area (Å²) in [4.78, 5) is 18.3. The minimum absolute atomic E-state index is 0.0598. The van der Waals surface area contributed by atoms with Gasteiger partial charge in [-0.15, -0.1) is 0 Å². The van der Waals surface area contributed by atoms with E-state index in [4.69, 9.17) is 14.2 Å². The average molecular weight is 292 g/mol. The first-order valence-electron chi connectivity index (χ1n) is 7.01. The molecule has 1 aromatic rings. The number of hydrogen-bond donors (Lipinski definition) is 0. The van der Waals surface area contributed by atoms with Gasteiger partial charge in [0.1, 0.15) is 5.56 Å². The first-order valence-corrected chi connectivity index (χ1v) is 7.01. The highest BCUT2D eigenvalue weighted by molar-refractivity contribution is 5.96. The summed E-state index contributed by atoms with van der Waals surface area (Å²) in [5.41, 5.74) is 0.425. The van der Waals surface area contributed by atoms with Crippen molar-refractivity contribution in [2.45, 2.75) is 19.6 Å². The van der Waals surface area contributed by atoms with Crippen LogP contribution in [0.5, 0.6) is 5.88 Å². The Kier molecular flexibility index (Phi) is 3.37. The molecule has 1 amide bonds. The van der Waals surface area contributed by atoms with Gasteiger partial charge in [0.2, 0.25) is 5.88 Å². The smallest absolute Gasteiger partial charge is 0.259 e. The van der Waals surface area contributed by atoms with E-state index in [1.54, 1.807) is 23.2 Å². The molecule has 3 rings (SSSR count). The van der Waals surface area contributed by atoms with Gasteiger partial charge in [0.05, 0.1) is 25.7 Å². The lowest BCUT2D eigenvalue weighted by Gasteiger charge is -2.53. The summed E-state index contributed by atoms with van der Waals surface area (Å²) in [6.45, 7) is 6.33. The number of nitrogens with zero attached hydrogens (tertiary/aromatic N) is 2. The summed E-state index contributed by atoms with van der Waals surface area (Å²) in [5.74, 6) is -0.224. The van der Waals surface area contributed by atoms with Crippen molar-refractivity contribution in [1.29, 1.82) is 0 Å². The van der Waals surface area contributed by atoms with Gasteiger partial charge in [-0.1, -0.05) is 0 Å². The Morgan fingerprint density at radius 1 is 1.33 bits per heavy atom. The minimum Gasteiger partial charge on any atom is -0.480 e. The highest BCUT2D eigenvalue weighted by Crippen LogP contribution is 2.38. The third-order valence-electron chi connectivity index (χ3n) is 3.99. The Bertz CT molecular complexity index is 540. The third-order valence-corrected chi connectivity index (χ3v) is 3.99. The van der Waals surface area contributed by atoms with Crippen molar-refractivity contribution in [1.82, 2.24) is 9.88 Å². The molecule has 2 fully saturated rings. The summed E-state index contributed by atoms with van der Waals surface area (Å²) in [6.07, 6.45) is 1.61. The lowest BCUT2D eigenvalue weighted by atomic mass is 9.80. The molecule has 2 aliphatic heterocycles. The zero-order valence-corrected chi connectivity index (χ0v) is 12.6. The molecule has 0 atom stereocenters. The lowest BCUT2D eigenvalue weighted by molar-refractivity contribution is -0.301. The average Bonchev–Trinajstić information content (AvgIpc) is 2.45. The molecule has 1 spiro atoms. The van der Waals surface area contributed by atoms with E-state index >= 15 is 0 Å². The summed E-state index contributed by atoms with van der Waals surface area (Å²) in [6, 6.07) is 3.47. The van der Waals surface area contributed by atoms with Gasteiger partial charge in [-0.25, -0.2) is 4.98 Å². The lowest BCUT2D eigenvalue weighted by Crippen LogP contribution is -2.65. The number of methoxy groups -OCH3 is 1. The topological polar surface area (TPSA) is 60.9 Å². The molecule has 2 saturated heterocycles. The molecule has 6 heteroatoms. The molecule has 114 valence electrons.